The minimum absolute atomic E-state index is 0. The van der Waals surface area contributed by atoms with Gasteiger partial charge in [-0.05, 0) is 18.9 Å². The average molecular weight is 520 g/mol. The van der Waals surface area contributed by atoms with Crippen LogP contribution in [-0.4, -0.2) is 66.8 Å². The van der Waals surface area contributed by atoms with Crippen LogP contribution in [0.15, 0.2) is 23.3 Å². The molecule has 0 aromatic carbocycles. The van der Waals surface area contributed by atoms with Gasteiger partial charge in [0, 0.05) is 56.1 Å². The SMILES string of the molecule is CN=C(NCc1cccnc1OCCOC)N1CCSC2(CCCCC2)C1.I. The zero-order valence-corrected chi connectivity index (χ0v) is 20.1. The summed E-state index contributed by atoms with van der Waals surface area (Å²) in [4.78, 5) is 11.3. The zero-order chi connectivity index (χ0) is 19.0. The molecule has 1 aliphatic carbocycles. The van der Waals surface area contributed by atoms with E-state index in [1.165, 1.54) is 37.9 Å². The Labute approximate surface area is 190 Å². The first-order chi connectivity index (χ1) is 13.3. The van der Waals surface area contributed by atoms with Crippen LogP contribution >= 0.6 is 35.7 Å². The lowest BCUT2D eigenvalue weighted by Crippen LogP contribution is -2.53. The number of aromatic nitrogens is 1. The molecular weight excluding hydrogens is 487 g/mol. The maximum absolute atomic E-state index is 5.75. The van der Waals surface area contributed by atoms with Crippen LogP contribution in [0.25, 0.3) is 0 Å². The Morgan fingerprint density at radius 2 is 2.14 bits per heavy atom. The van der Waals surface area contributed by atoms with E-state index >= 15 is 0 Å². The fraction of sp³-hybridized carbons (Fsp3) is 0.700. The van der Waals surface area contributed by atoms with Crippen molar-refractivity contribution in [2.24, 2.45) is 4.99 Å². The number of methoxy groups -OCH3 is 1. The summed E-state index contributed by atoms with van der Waals surface area (Å²) in [7, 11) is 3.54. The van der Waals surface area contributed by atoms with Crippen LogP contribution in [0.4, 0.5) is 0 Å². The van der Waals surface area contributed by atoms with Gasteiger partial charge in [-0.15, -0.1) is 24.0 Å². The Bertz CT molecular complexity index is 620. The fourth-order valence-electron chi connectivity index (χ4n) is 3.94. The van der Waals surface area contributed by atoms with Gasteiger partial charge in [-0.2, -0.15) is 11.8 Å². The van der Waals surface area contributed by atoms with Gasteiger partial charge in [-0.25, -0.2) is 4.98 Å². The first-order valence-electron chi connectivity index (χ1n) is 9.91. The van der Waals surface area contributed by atoms with Gasteiger partial charge in [0.15, 0.2) is 5.96 Å². The Morgan fingerprint density at radius 3 is 2.89 bits per heavy atom. The molecule has 1 aliphatic heterocycles. The maximum atomic E-state index is 5.75. The number of pyridine rings is 1. The van der Waals surface area contributed by atoms with Gasteiger partial charge in [-0.3, -0.25) is 4.99 Å². The van der Waals surface area contributed by atoms with Gasteiger partial charge in [-0.1, -0.05) is 25.3 Å². The molecule has 158 valence electrons. The van der Waals surface area contributed by atoms with Crippen molar-refractivity contribution in [2.45, 2.75) is 43.4 Å². The molecule has 28 heavy (non-hydrogen) atoms. The summed E-state index contributed by atoms with van der Waals surface area (Å²) in [6.45, 7) is 3.86. The third-order valence-corrected chi connectivity index (χ3v) is 6.87. The second kappa shape index (κ2) is 12.1. The summed E-state index contributed by atoms with van der Waals surface area (Å²) in [6.07, 6.45) is 8.56. The fourth-order valence-corrected chi connectivity index (χ4v) is 5.51. The first-order valence-corrected chi connectivity index (χ1v) is 10.9. The van der Waals surface area contributed by atoms with Gasteiger partial charge in [0.05, 0.1) is 6.61 Å². The number of aliphatic imine (C=N–C) groups is 1. The minimum atomic E-state index is 0. The van der Waals surface area contributed by atoms with Crippen LogP contribution in [0.5, 0.6) is 5.88 Å². The van der Waals surface area contributed by atoms with E-state index in [2.05, 4.69) is 32.0 Å². The van der Waals surface area contributed by atoms with E-state index in [1.54, 1.807) is 13.3 Å². The summed E-state index contributed by atoms with van der Waals surface area (Å²) >= 11 is 2.18. The van der Waals surface area contributed by atoms with Gasteiger partial charge in [0.1, 0.15) is 6.61 Å². The van der Waals surface area contributed by atoms with E-state index in [9.17, 15) is 0 Å². The number of hydrogen-bond acceptors (Lipinski definition) is 5. The molecule has 2 fully saturated rings. The Kier molecular flexibility index (Phi) is 10.1. The van der Waals surface area contributed by atoms with E-state index in [0.29, 0.717) is 30.4 Å². The van der Waals surface area contributed by atoms with Gasteiger partial charge in [0.2, 0.25) is 5.88 Å². The normalized spacial score (nSPS) is 19.2. The summed E-state index contributed by atoms with van der Waals surface area (Å²) in [6, 6.07) is 3.99. The van der Waals surface area contributed by atoms with Crippen molar-refractivity contribution < 1.29 is 9.47 Å². The quantitative estimate of drug-likeness (QED) is 0.268. The highest BCUT2D eigenvalue weighted by atomic mass is 127. The van der Waals surface area contributed by atoms with Crippen LogP contribution in [0, 0.1) is 0 Å². The Morgan fingerprint density at radius 1 is 1.32 bits per heavy atom. The third-order valence-electron chi connectivity index (χ3n) is 5.34. The number of thioether (sulfide) groups is 1. The summed E-state index contributed by atoms with van der Waals surface area (Å²) < 4.78 is 11.2. The Hall–Kier alpha value is -0.740. The lowest BCUT2D eigenvalue weighted by atomic mass is 9.87. The third kappa shape index (κ3) is 6.38. The van der Waals surface area contributed by atoms with Crippen LogP contribution in [0.2, 0.25) is 0 Å². The number of halogens is 1. The van der Waals surface area contributed by atoms with E-state index in [1.807, 2.05) is 19.2 Å². The first kappa shape index (κ1) is 23.5. The number of hydrogen-bond donors (Lipinski definition) is 1. The van der Waals surface area contributed by atoms with E-state index in [4.69, 9.17) is 9.47 Å². The van der Waals surface area contributed by atoms with Crippen LogP contribution in [0.3, 0.4) is 0 Å². The zero-order valence-electron chi connectivity index (χ0n) is 17.0. The molecule has 0 atom stereocenters. The van der Waals surface area contributed by atoms with E-state index in [0.717, 1.165) is 24.6 Å². The highest BCUT2D eigenvalue weighted by Gasteiger charge is 2.38. The van der Waals surface area contributed by atoms with Crippen LogP contribution < -0.4 is 10.1 Å². The predicted octanol–water partition coefficient (Wildman–Crippen LogP) is 3.55. The molecular formula is C20H33IN4O2S. The molecule has 1 aromatic rings. The van der Waals surface area contributed by atoms with Crippen molar-refractivity contribution in [3.05, 3.63) is 23.9 Å². The molecule has 2 aliphatic rings. The number of ether oxygens (including phenoxy) is 2. The molecule has 0 unspecified atom stereocenters. The summed E-state index contributed by atoms with van der Waals surface area (Å²) in [5.41, 5.74) is 1.04. The molecule has 6 nitrogen and oxygen atoms in total. The van der Waals surface area contributed by atoms with E-state index < -0.39 is 0 Å². The molecule has 1 saturated heterocycles. The lowest BCUT2D eigenvalue weighted by Gasteiger charge is -2.45. The van der Waals surface area contributed by atoms with Gasteiger partial charge < -0.3 is 19.7 Å². The topological polar surface area (TPSA) is 59.0 Å². The maximum Gasteiger partial charge on any atom is 0.218 e. The average Bonchev–Trinajstić information content (AvgIpc) is 2.70. The largest absolute Gasteiger partial charge is 0.475 e. The second-order valence-corrected chi connectivity index (χ2v) is 8.79. The monoisotopic (exact) mass is 520 g/mol. The van der Waals surface area contributed by atoms with Crippen molar-refractivity contribution >= 4 is 41.7 Å². The van der Waals surface area contributed by atoms with Crippen molar-refractivity contribution in [1.82, 2.24) is 15.2 Å². The van der Waals surface area contributed by atoms with Gasteiger partial charge in [0.25, 0.3) is 0 Å². The van der Waals surface area contributed by atoms with Crippen molar-refractivity contribution in [3.8, 4) is 5.88 Å². The van der Waals surface area contributed by atoms with Gasteiger partial charge >= 0.3 is 0 Å². The number of nitrogens with one attached hydrogen (secondary N) is 1. The predicted molar refractivity (Wildman–Crippen MR) is 127 cm³/mol. The summed E-state index contributed by atoms with van der Waals surface area (Å²) in [5, 5.41) is 3.52. The number of nitrogens with zero attached hydrogens (tertiary/aromatic N) is 3. The lowest BCUT2D eigenvalue weighted by molar-refractivity contribution is 0.143. The van der Waals surface area contributed by atoms with Crippen molar-refractivity contribution in [2.75, 3.05) is 46.2 Å². The molecule has 0 bridgehead atoms. The smallest absolute Gasteiger partial charge is 0.218 e. The van der Waals surface area contributed by atoms with Crippen LogP contribution in [-0.2, 0) is 11.3 Å². The molecule has 3 rings (SSSR count). The van der Waals surface area contributed by atoms with Crippen LogP contribution in [0.1, 0.15) is 37.7 Å². The standard InChI is InChI=1S/C20H32N4O2S.HI/c1-21-19(24-11-14-27-20(16-24)8-4-3-5-9-20)23-15-17-7-6-10-22-18(17)26-13-12-25-2;/h6-7,10H,3-5,8-9,11-16H2,1-2H3,(H,21,23);1H. The van der Waals surface area contributed by atoms with Crippen molar-refractivity contribution in [3.63, 3.8) is 0 Å². The number of rotatable bonds is 6. The molecule has 1 aromatic heterocycles. The summed E-state index contributed by atoms with van der Waals surface area (Å²) in [5.74, 6) is 2.82. The molecule has 0 radical (unpaired) electrons. The molecule has 8 heteroatoms. The van der Waals surface area contributed by atoms with E-state index in [-0.39, 0.29) is 24.0 Å². The highest BCUT2D eigenvalue weighted by Crippen LogP contribution is 2.42. The highest BCUT2D eigenvalue weighted by molar-refractivity contribution is 14.0. The molecule has 1 spiro atoms. The molecule has 1 saturated carbocycles. The molecule has 1 N–H and O–H groups in total. The number of guanidine groups is 1. The second-order valence-electron chi connectivity index (χ2n) is 7.22. The molecule has 2 heterocycles. The minimum Gasteiger partial charge on any atom is -0.475 e. The molecule has 0 amide bonds. The Balaban J connectivity index is 0.00000280. The van der Waals surface area contributed by atoms with Crippen molar-refractivity contribution in [1.29, 1.82) is 0 Å².